The Morgan fingerprint density at radius 1 is 1.62 bits per heavy atom. The Bertz CT molecular complexity index is 668. The zero-order chi connectivity index (χ0) is 15.4. The zero-order valence-corrected chi connectivity index (χ0v) is 12.8. The lowest BCUT2D eigenvalue weighted by molar-refractivity contribution is -0.137. The van der Waals surface area contributed by atoms with Crippen LogP contribution in [0.25, 0.3) is 0 Å². The Kier molecular flexibility index (Phi) is 4.78. The van der Waals surface area contributed by atoms with Crippen molar-refractivity contribution < 1.29 is 9.90 Å². The Morgan fingerprint density at radius 3 is 2.90 bits per heavy atom. The van der Waals surface area contributed by atoms with E-state index >= 15 is 0 Å². The number of carboxylic acid groups (broad SMARTS) is 1. The first kappa shape index (κ1) is 15.3. The van der Waals surface area contributed by atoms with Crippen LogP contribution in [0.5, 0.6) is 0 Å². The fourth-order valence-corrected chi connectivity index (χ4v) is 3.02. The summed E-state index contributed by atoms with van der Waals surface area (Å²) in [4.78, 5) is 12.0. The lowest BCUT2D eigenvalue weighted by atomic mass is 10.1. The fourth-order valence-electron chi connectivity index (χ4n) is 2.22. The number of nitriles is 1. The Balaban J connectivity index is 2.12. The van der Waals surface area contributed by atoms with Crippen molar-refractivity contribution in [2.45, 2.75) is 25.9 Å². The molecule has 21 heavy (non-hydrogen) atoms. The van der Waals surface area contributed by atoms with Gasteiger partial charge in [-0.1, -0.05) is 6.07 Å². The van der Waals surface area contributed by atoms with Gasteiger partial charge in [0.25, 0.3) is 0 Å². The van der Waals surface area contributed by atoms with Crippen LogP contribution < -0.4 is 5.32 Å². The predicted octanol–water partition coefficient (Wildman–Crippen LogP) is 2.57. The number of carbonyl (C=O) groups is 1. The summed E-state index contributed by atoms with van der Waals surface area (Å²) in [5.41, 5.74) is 2.63. The number of carboxylic acids is 1. The maximum absolute atomic E-state index is 11.0. The molecule has 0 radical (unpaired) electrons. The standard InChI is InChI=1S/C15H17N3O2S/c1-10-11(6-12(8-16)18(10)2)9-17-13(7-15(19)20)14-4-3-5-21-14/h3-6,13,17H,7,9H2,1-2H3,(H,19,20). The van der Waals surface area contributed by atoms with E-state index in [9.17, 15) is 4.79 Å². The monoisotopic (exact) mass is 303 g/mol. The molecule has 0 aliphatic heterocycles. The van der Waals surface area contributed by atoms with E-state index in [1.807, 2.05) is 42.1 Å². The summed E-state index contributed by atoms with van der Waals surface area (Å²) in [6.07, 6.45) is 0.0392. The van der Waals surface area contributed by atoms with Gasteiger partial charge in [0.2, 0.25) is 0 Å². The molecule has 0 spiro atoms. The third-order valence-corrected chi connectivity index (χ3v) is 4.54. The molecule has 110 valence electrons. The molecule has 0 aliphatic rings. The van der Waals surface area contributed by atoms with Crippen molar-refractivity contribution in [3.8, 4) is 6.07 Å². The van der Waals surface area contributed by atoms with E-state index in [2.05, 4.69) is 11.4 Å². The molecule has 1 atom stereocenters. The number of rotatable bonds is 6. The van der Waals surface area contributed by atoms with Gasteiger partial charge >= 0.3 is 5.97 Å². The van der Waals surface area contributed by atoms with Crippen molar-refractivity contribution in [3.63, 3.8) is 0 Å². The van der Waals surface area contributed by atoms with Crippen LogP contribution in [0, 0.1) is 18.3 Å². The molecule has 5 nitrogen and oxygen atoms in total. The number of nitrogens with zero attached hydrogens (tertiary/aromatic N) is 2. The van der Waals surface area contributed by atoms with Crippen LogP contribution >= 0.6 is 11.3 Å². The molecule has 0 bridgehead atoms. The maximum atomic E-state index is 11.0. The highest BCUT2D eigenvalue weighted by Gasteiger charge is 2.17. The molecule has 2 N–H and O–H groups in total. The fraction of sp³-hybridized carbons (Fsp3) is 0.333. The van der Waals surface area contributed by atoms with Gasteiger partial charge in [-0.3, -0.25) is 4.79 Å². The third kappa shape index (κ3) is 3.51. The third-order valence-electron chi connectivity index (χ3n) is 3.56. The lowest BCUT2D eigenvalue weighted by Gasteiger charge is -2.15. The molecule has 6 heteroatoms. The minimum absolute atomic E-state index is 0.0392. The molecule has 0 fully saturated rings. The van der Waals surface area contributed by atoms with E-state index in [0.29, 0.717) is 12.2 Å². The van der Waals surface area contributed by atoms with E-state index < -0.39 is 5.97 Å². The van der Waals surface area contributed by atoms with E-state index in [4.69, 9.17) is 10.4 Å². The smallest absolute Gasteiger partial charge is 0.305 e. The number of hydrogen-bond acceptors (Lipinski definition) is 4. The summed E-state index contributed by atoms with van der Waals surface area (Å²) in [5, 5.41) is 23.3. The molecule has 0 saturated heterocycles. The lowest BCUT2D eigenvalue weighted by Crippen LogP contribution is -2.23. The topological polar surface area (TPSA) is 78.1 Å². The molecule has 0 aromatic carbocycles. The molecular formula is C15H17N3O2S. The molecule has 1 unspecified atom stereocenters. The van der Waals surface area contributed by atoms with Gasteiger partial charge in [-0.05, 0) is 30.0 Å². The molecule has 2 heterocycles. The SMILES string of the molecule is Cc1c(CNC(CC(=O)O)c2cccs2)cc(C#N)n1C. The van der Waals surface area contributed by atoms with Gasteiger partial charge in [-0.15, -0.1) is 11.3 Å². The number of aromatic nitrogens is 1. The van der Waals surface area contributed by atoms with Gasteiger partial charge in [0.1, 0.15) is 11.8 Å². The number of nitrogens with one attached hydrogen (secondary N) is 1. The zero-order valence-electron chi connectivity index (χ0n) is 12.0. The van der Waals surface area contributed by atoms with Crippen LogP contribution in [-0.2, 0) is 18.4 Å². The van der Waals surface area contributed by atoms with E-state index in [1.54, 1.807) is 11.3 Å². The van der Waals surface area contributed by atoms with Crippen molar-refractivity contribution >= 4 is 17.3 Å². The average Bonchev–Trinajstić information content (AvgIpc) is 3.06. The molecule has 0 aliphatic carbocycles. The van der Waals surface area contributed by atoms with Gasteiger partial charge < -0.3 is 15.0 Å². The van der Waals surface area contributed by atoms with E-state index in [0.717, 1.165) is 16.1 Å². The highest BCUT2D eigenvalue weighted by molar-refractivity contribution is 7.10. The van der Waals surface area contributed by atoms with Crippen molar-refractivity contribution in [3.05, 3.63) is 45.4 Å². The Hall–Kier alpha value is -2.10. The van der Waals surface area contributed by atoms with Gasteiger partial charge in [-0.25, -0.2) is 0 Å². The molecule has 0 amide bonds. The summed E-state index contributed by atoms with van der Waals surface area (Å²) in [6.45, 7) is 2.49. The Labute approximate surface area is 127 Å². The number of aliphatic carboxylic acids is 1. The van der Waals surface area contributed by atoms with Gasteiger partial charge in [0.15, 0.2) is 0 Å². The normalized spacial score (nSPS) is 12.0. The van der Waals surface area contributed by atoms with Crippen LogP contribution in [0.2, 0.25) is 0 Å². The van der Waals surface area contributed by atoms with Gasteiger partial charge in [0, 0.05) is 24.2 Å². The minimum Gasteiger partial charge on any atom is -0.481 e. The van der Waals surface area contributed by atoms with E-state index in [-0.39, 0.29) is 12.5 Å². The summed E-state index contributed by atoms with van der Waals surface area (Å²) in [6, 6.07) is 7.62. The number of hydrogen-bond donors (Lipinski definition) is 2. The summed E-state index contributed by atoms with van der Waals surface area (Å²) < 4.78 is 1.84. The van der Waals surface area contributed by atoms with Crippen molar-refractivity contribution in [1.82, 2.24) is 9.88 Å². The van der Waals surface area contributed by atoms with Crippen LogP contribution in [0.1, 0.15) is 34.3 Å². The van der Waals surface area contributed by atoms with Crippen LogP contribution in [0.3, 0.4) is 0 Å². The largest absolute Gasteiger partial charge is 0.481 e. The second-order valence-electron chi connectivity index (χ2n) is 4.86. The summed E-state index contributed by atoms with van der Waals surface area (Å²) in [5.74, 6) is -0.830. The van der Waals surface area contributed by atoms with Crippen molar-refractivity contribution in [2.24, 2.45) is 7.05 Å². The summed E-state index contributed by atoms with van der Waals surface area (Å²) >= 11 is 1.54. The maximum Gasteiger partial charge on any atom is 0.305 e. The first-order valence-corrected chi connectivity index (χ1v) is 7.44. The molecule has 2 aromatic heterocycles. The quantitative estimate of drug-likeness (QED) is 0.859. The highest BCUT2D eigenvalue weighted by Crippen LogP contribution is 2.23. The second-order valence-corrected chi connectivity index (χ2v) is 5.84. The minimum atomic E-state index is -0.830. The van der Waals surface area contributed by atoms with Crippen molar-refractivity contribution in [1.29, 1.82) is 5.26 Å². The van der Waals surface area contributed by atoms with Gasteiger partial charge in [0.05, 0.1) is 12.5 Å². The average molecular weight is 303 g/mol. The van der Waals surface area contributed by atoms with E-state index in [1.165, 1.54) is 0 Å². The molecule has 2 aromatic rings. The van der Waals surface area contributed by atoms with Crippen LogP contribution in [0.15, 0.2) is 23.6 Å². The molecule has 2 rings (SSSR count). The summed E-state index contributed by atoms with van der Waals surface area (Å²) in [7, 11) is 1.85. The second kappa shape index (κ2) is 6.57. The van der Waals surface area contributed by atoms with Crippen LogP contribution in [0.4, 0.5) is 0 Å². The van der Waals surface area contributed by atoms with Crippen molar-refractivity contribution in [2.75, 3.05) is 0 Å². The molecular weight excluding hydrogens is 286 g/mol. The highest BCUT2D eigenvalue weighted by atomic mass is 32.1. The first-order chi connectivity index (χ1) is 10.0. The van der Waals surface area contributed by atoms with Gasteiger partial charge in [-0.2, -0.15) is 5.26 Å². The number of thiophene rings is 1. The van der Waals surface area contributed by atoms with Crippen LogP contribution in [-0.4, -0.2) is 15.6 Å². The Morgan fingerprint density at radius 2 is 2.38 bits per heavy atom. The molecule has 0 saturated carbocycles. The first-order valence-electron chi connectivity index (χ1n) is 6.56. The predicted molar refractivity (Wildman–Crippen MR) is 81.0 cm³/mol.